The van der Waals surface area contributed by atoms with Crippen molar-refractivity contribution in [1.29, 1.82) is 5.26 Å². The standard InChI is InChI=1S/C27H24N4O2S2/c1-17-8-10-21(11-9-17)30-23(32)16-35-27-22(14-28)25(19-12-13-34-15-19)24(18(2)29-27)26(33)31-20-6-4-3-5-7-20/h3-13,15,25,29H,16H2,1-2H3,(H,30,32)(H,31,33). The number of carbonyl (C=O) groups excluding carboxylic acids is 2. The van der Waals surface area contributed by atoms with Gasteiger partial charge >= 0.3 is 0 Å². The van der Waals surface area contributed by atoms with E-state index in [0.29, 0.717) is 27.6 Å². The number of thioether (sulfide) groups is 1. The molecule has 2 heterocycles. The second-order valence-corrected chi connectivity index (χ2v) is 9.80. The highest BCUT2D eigenvalue weighted by Crippen LogP contribution is 2.41. The van der Waals surface area contributed by atoms with Crippen LogP contribution in [0, 0.1) is 18.3 Å². The summed E-state index contributed by atoms with van der Waals surface area (Å²) in [6.07, 6.45) is 0. The zero-order valence-corrected chi connectivity index (χ0v) is 20.9. The van der Waals surface area contributed by atoms with Gasteiger partial charge in [0, 0.05) is 22.6 Å². The Hall–Kier alpha value is -3.80. The second-order valence-electron chi connectivity index (χ2n) is 8.03. The van der Waals surface area contributed by atoms with Gasteiger partial charge in [0.05, 0.1) is 28.3 Å². The molecule has 0 saturated heterocycles. The first-order valence-corrected chi connectivity index (χ1v) is 12.9. The molecule has 35 heavy (non-hydrogen) atoms. The lowest BCUT2D eigenvalue weighted by molar-refractivity contribution is -0.114. The molecule has 1 aliphatic heterocycles. The summed E-state index contributed by atoms with van der Waals surface area (Å²) in [4.78, 5) is 25.9. The van der Waals surface area contributed by atoms with Crippen molar-refractivity contribution in [2.45, 2.75) is 19.8 Å². The number of amides is 2. The van der Waals surface area contributed by atoms with Crippen molar-refractivity contribution in [1.82, 2.24) is 5.32 Å². The predicted octanol–water partition coefficient (Wildman–Crippen LogP) is 5.76. The van der Waals surface area contributed by atoms with Crippen molar-refractivity contribution < 1.29 is 9.59 Å². The van der Waals surface area contributed by atoms with Gasteiger partial charge in [-0.25, -0.2) is 0 Å². The lowest BCUT2D eigenvalue weighted by Gasteiger charge is -2.29. The molecule has 2 amide bonds. The Morgan fingerprint density at radius 1 is 1.03 bits per heavy atom. The third-order valence-electron chi connectivity index (χ3n) is 5.48. The Bertz CT molecular complexity index is 1320. The molecule has 0 spiro atoms. The summed E-state index contributed by atoms with van der Waals surface area (Å²) < 4.78 is 0. The molecule has 1 aliphatic rings. The Kier molecular flexibility index (Phi) is 7.70. The van der Waals surface area contributed by atoms with Gasteiger partial charge in [-0.15, -0.1) is 0 Å². The molecule has 1 unspecified atom stereocenters. The highest BCUT2D eigenvalue weighted by atomic mass is 32.2. The maximum atomic E-state index is 13.3. The fourth-order valence-corrected chi connectivity index (χ4v) is 5.37. The fraction of sp³-hybridized carbons (Fsp3) is 0.148. The monoisotopic (exact) mass is 500 g/mol. The summed E-state index contributed by atoms with van der Waals surface area (Å²) in [6, 6.07) is 21.0. The van der Waals surface area contributed by atoms with E-state index in [1.807, 2.05) is 85.3 Å². The Balaban J connectivity index is 1.57. The Labute approximate surface area is 212 Å². The van der Waals surface area contributed by atoms with E-state index in [9.17, 15) is 14.9 Å². The van der Waals surface area contributed by atoms with Crippen molar-refractivity contribution in [3.8, 4) is 6.07 Å². The number of dihydropyridines is 1. The van der Waals surface area contributed by atoms with Crippen molar-refractivity contribution in [3.63, 3.8) is 0 Å². The number of carbonyl (C=O) groups is 2. The molecule has 0 bridgehead atoms. The molecule has 3 aromatic rings. The molecule has 2 aromatic carbocycles. The van der Waals surface area contributed by atoms with Gasteiger partial charge in [0.1, 0.15) is 0 Å². The van der Waals surface area contributed by atoms with E-state index >= 15 is 0 Å². The molecular formula is C27H24N4O2S2. The van der Waals surface area contributed by atoms with Crippen LogP contribution >= 0.6 is 23.1 Å². The van der Waals surface area contributed by atoms with Crippen molar-refractivity contribution in [2.75, 3.05) is 16.4 Å². The first kappa shape index (κ1) is 24.3. The number of anilines is 2. The van der Waals surface area contributed by atoms with Crippen LogP contribution in [0.2, 0.25) is 0 Å². The van der Waals surface area contributed by atoms with E-state index in [0.717, 1.165) is 16.8 Å². The highest BCUT2D eigenvalue weighted by molar-refractivity contribution is 8.03. The number of aryl methyl sites for hydroxylation is 1. The molecule has 6 nitrogen and oxygen atoms in total. The lowest BCUT2D eigenvalue weighted by atomic mass is 9.83. The molecule has 8 heteroatoms. The minimum absolute atomic E-state index is 0.122. The number of para-hydroxylation sites is 1. The van der Waals surface area contributed by atoms with Crippen LogP contribution in [-0.4, -0.2) is 17.6 Å². The molecular weight excluding hydrogens is 476 g/mol. The quantitative estimate of drug-likeness (QED) is 0.383. The first-order valence-electron chi connectivity index (χ1n) is 11.0. The second kappa shape index (κ2) is 11.1. The Morgan fingerprint density at radius 2 is 1.74 bits per heavy atom. The van der Waals surface area contributed by atoms with E-state index in [4.69, 9.17) is 0 Å². The first-order chi connectivity index (χ1) is 17.0. The van der Waals surface area contributed by atoms with E-state index in [2.05, 4.69) is 22.0 Å². The topological polar surface area (TPSA) is 94.0 Å². The van der Waals surface area contributed by atoms with Crippen LogP contribution in [0.1, 0.15) is 24.0 Å². The smallest absolute Gasteiger partial charge is 0.254 e. The maximum Gasteiger partial charge on any atom is 0.254 e. The van der Waals surface area contributed by atoms with Gasteiger partial charge in [-0.05, 0) is 60.5 Å². The number of nitriles is 1. The summed E-state index contributed by atoms with van der Waals surface area (Å²) in [5.41, 5.74) is 4.93. The Morgan fingerprint density at radius 3 is 2.40 bits per heavy atom. The molecule has 3 N–H and O–H groups in total. The number of hydrogen-bond acceptors (Lipinski definition) is 6. The van der Waals surface area contributed by atoms with Gasteiger partial charge in [-0.3, -0.25) is 9.59 Å². The third kappa shape index (κ3) is 5.83. The minimum Gasteiger partial charge on any atom is -0.353 e. The van der Waals surface area contributed by atoms with Gasteiger partial charge in [-0.1, -0.05) is 47.7 Å². The summed E-state index contributed by atoms with van der Waals surface area (Å²) in [5.74, 6) is -0.853. The SMILES string of the molecule is CC1=C(C(=O)Nc2ccccc2)C(c2ccsc2)C(C#N)=C(SCC(=O)Nc2ccc(C)cc2)N1. The van der Waals surface area contributed by atoms with Crippen LogP contribution in [0.4, 0.5) is 11.4 Å². The zero-order chi connectivity index (χ0) is 24.8. The number of allylic oxidation sites excluding steroid dienone is 2. The van der Waals surface area contributed by atoms with Crippen LogP contribution in [0.5, 0.6) is 0 Å². The van der Waals surface area contributed by atoms with Crippen molar-refractivity contribution in [3.05, 3.63) is 104 Å². The number of thiophene rings is 1. The molecule has 0 saturated carbocycles. The largest absolute Gasteiger partial charge is 0.353 e. The lowest BCUT2D eigenvalue weighted by Crippen LogP contribution is -2.31. The third-order valence-corrected chi connectivity index (χ3v) is 7.20. The number of nitrogens with one attached hydrogen (secondary N) is 3. The van der Waals surface area contributed by atoms with Crippen LogP contribution in [0.15, 0.2) is 93.3 Å². The summed E-state index contributed by atoms with van der Waals surface area (Å²) in [5, 5.41) is 23.6. The molecule has 0 aliphatic carbocycles. The summed E-state index contributed by atoms with van der Waals surface area (Å²) >= 11 is 2.76. The number of nitrogens with zero attached hydrogens (tertiary/aromatic N) is 1. The van der Waals surface area contributed by atoms with Gasteiger partial charge in [0.2, 0.25) is 5.91 Å². The van der Waals surface area contributed by atoms with Crippen molar-refractivity contribution >= 4 is 46.3 Å². The molecule has 1 aromatic heterocycles. The number of rotatable bonds is 7. The fourth-order valence-electron chi connectivity index (χ4n) is 3.79. The summed E-state index contributed by atoms with van der Waals surface area (Å²) in [6.45, 7) is 3.81. The van der Waals surface area contributed by atoms with E-state index in [1.54, 1.807) is 0 Å². The van der Waals surface area contributed by atoms with Crippen LogP contribution in [0.25, 0.3) is 0 Å². The van der Waals surface area contributed by atoms with Crippen LogP contribution in [0.3, 0.4) is 0 Å². The molecule has 0 fully saturated rings. The summed E-state index contributed by atoms with van der Waals surface area (Å²) in [7, 11) is 0. The number of benzene rings is 2. The zero-order valence-electron chi connectivity index (χ0n) is 19.3. The minimum atomic E-state index is -0.529. The maximum absolute atomic E-state index is 13.3. The molecule has 4 rings (SSSR count). The van der Waals surface area contributed by atoms with Crippen LogP contribution < -0.4 is 16.0 Å². The molecule has 1 atom stereocenters. The van der Waals surface area contributed by atoms with Gasteiger partial charge in [0.15, 0.2) is 0 Å². The average Bonchev–Trinajstić information content (AvgIpc) is 3.39. The van der Waals surface area contributed by atoms with Gasteiger partial charge in [-0.2, -0.15) is 16.6 Å². The van der Waals surface area contributed by atoms with Crippen LogP contribution in [-0.2, 0) is 9.59 Å². The number of hydrogen-bond donors (Lipinski definition) is 3. The molecule has 176 valence electrons. The van der Waals surface area contributed by atoms with E-state index < -0.39 is 5.92 Å². The highest BCUT2D eigenvalue weighted by Gasteiger charge is 2.35. The van der Waals surface area contributed by atoms with Gasteiger partial charge < -0.3 is 16.0 Å². The van der Waals surface area contributed by atoms with E-state index in [-0.39, 0.29) is 17.6 Å². The van der Waals surface area contributed by atoms with Gasteiger partial charge in [0.25, 0.3) is 5.91 Å². The predicted molar refractivity (Wildman–Crippen MR) is 143 cm³/mol. The average molecular weight is 501 g/mol. The molecule has 0 radical (unpaired) electrons. The van der Waals surface area contributed by atoms with Crippen molar-refractivity contribution in [2.24, 2.45) is 0 Å². The van der Waals surface area contributed by atoms with E-state index in [1.165, 1.54) is 23.1 Å². The normalized spacial score (nSPS) is 15.3.